The number of anilines is 1. The van der Waals surface area contributed by atoms with Gasteiger partial charge in [0.2, 0.25) is 0 Å². The van der Waals surface area contributed by atoms with Gasteiger partial charge in [-0.25, -0.2) is 0 Å². The normalized spacial score (nSPS) is 12.0. The Bertz CT molecular complexity index is 992. The molecule has 154 valence electrons. The Labute approximate surface area is 170 Å². The highest BCUT2D eigenvalue weighted by molar-refractivity contribution is 6.01. The molecule has 1 unspecified atom stereocenters. The van der Waals surface area contributed by atoms with Crippen molar-refractivity contribution in [3.8, 4) is 5.75 Å². The molecule has 8 heteroatoms. The lowest BCUT2D eigenvalue weighted by Crippen LogP contribution is -2.37. The van der Waals surface area contributed by atoms with Crippen LogP contribution in [0, 0.1) is 0 Å². The van der Waals surface area contributed by atoms with E-state index in [0.29, 0.717) is 11.1 Å². The molecule has 3 aromatic carbocycles. The topological polar surface area (TPSA) is 67.4 Å². The first-order chi connectivity index (χ1) is 14.3. The standard InChI is InChI=1S/C22H17F3N2O3/c23-22(24,25)30-18-13-11-17(12-14-18)26-21(29)19(15-7-3-1-4-8-15)27-20(28)16-9-5-2-6-10-16/h1-14,19H,(H,26,29)(H,27,28). The molecule has 0 fully saturated rings. The summed E-state index contributed by atoms with van der Waals surface area (Å²) in [6.07, 6.45) is -4.80. The maximum Gasteiger partial charge on any atom is 0.573 e. The molecule has 0 heterocycles. The molecule has 5 nitrogen and oxygen atoms in total. The largest absolute Gasteiger partial charge is 0.573 e. The van der Waals surface area contributed by atoms with Gasteiger partial charge in [0.1, 0.15) is 11.8 Å². The van der Waals surface area contributed by atoms with Crippen molar-refractivity contribution in [1.29, 1.82) is 0 Å². The summed E-state index contributed by atoms with van der Waals surface area (Å²) in [7, 11) is 0. The van der Waals surface area contributed by atoms with Crippen LogP contribution in [0.3, 0.4) is 0 Å². The van der Waals surface area contributed by atoms with Crippen LogP contribution in [-0.4, -0.2) is 18.2 Å². The molecule has 2 amide bonds. The number of benzene rings is 3. The van der Waals surface area contributed by atoms with Gasteiger partial charge in [0.05, 0.1) is 0 Å². The molecule has 3 aromatic rings. The first-order valence-corrected chi connectivity index (χ1v) is 8.89. The van der Waals surface area contributed by atoms with Crippen LogP contribution in [0.15, 0.2) is 84.9 Å². The maximum atomic E-state index is 12.9. The van der Waals surface area contributed by atoms with E-state index in [2.05, 4.69) is 15.4 Å². The van der Waals surface area contributed by atoms with E-state index in [4.69, 9.17) is 0 Å². The van der Waals surface area contributed by atoms with Crippen molar-refractivity contribution in [3.63, 3.8) is 0 Å². The highest BCUT2D eigenvalue weighted by atomic mass is 19.4. The van der Waals surface area contributed by atoms with Gasteiger partial charge in [0.15, 0.2) is 0 Å². The molecule has 0 aliphatic rings. The van der Waals surface area contributed by atoms with Crippen molar-refractivity contribution in [3.05, 3.63) is 96.1 Å². The second kappa shape index (κ2) is 9.13. The van der Waals surface area contributed by atoms with Gasteiger partial charge in [-0.2, -0.15) is 0 Å². The summed E-state index contributed by atoms with van der Waals surface area (Å²) in [5, 5.41) is 5.28. The number of halogens is 3. The Morgan fingerprint density at radius 1 is 0.800 bits per heavy atom. The molecule has 0 saturated heterocycles. The third kappa shape index (κ3) is 5.84. The van der Waals surface area contributed by atoms with Gasteiger partial charge in [-0.3, -0.25) is 9.59 Å². The molecule has 0 spiro atoms. The highest BCUT2D eigenvalue weighted by Crippen LogP contribution is 2.24. The fraction of sp³-hybridized carbons (Fsp3) is 0.0909. The van der Waals surface area contributed by atoms with Crippen molar-refractivity contribution in [2.24, 2.45) is 0 Å². The van der Waals surface area contributed by atoms with E-state index in [1.807, 2.05) is 0 Å². The average Bonchev–Trinajstić information content (AvgIpc) is 2.73. The zero-order valence-corrected chi connectivity index (χ0v) is 15.5. The van der Waals surface area contributed by atoms with E-state index in [1.165, 1.54) is 12.1 Å². The predicted molar refractivity (Wildman–Crippen MR) is 105 cm³/mol. The summed E-state index contributed by atoms with van der Waals surface area (Å²) in [6.45, 7) is 0. The molecule has 0 bridgehead atoms. The molecule has 2 N–H and O–H groups in total. The lowest BCUT2D eigenvalue weighted by Gasteiger charge is -2.19. The van der Waals surface area contributed by atoms with Crippen LogP contribution in [0.25, 0.3) is 0 Å². The third-order valence-electron chi connectivity index (χ3n) is 4.06. The van der Waals surface area contributed by atoms with Gasteiger partial charge in [-0.05, 0) is 42.0 Å². The molecule has 1 atom stereocenters. The van der Waals surface area contributed by atoms with Gasteiger partial charge in [-0.15, -0.1) is 13.2 Å². The second-order valence-corrected chi connectivity index (χ2v) is 6.24. The number of ether oxygens (including phenoxy) is 1. The monoisotopic (exact) mass is 414 g/mol. The number of nitrogens with one attached hydrogen (secondary N) is 2. The Kier molecular flexibility index (Phi) is 6.36. The van der Waals surface area contributed by atoms with Crippen LogP contribution < -0.4 is 15.4 Å². The number of amides is 2. The number of rotatable bonds is 6. The van der Waals surface area contributed by atoms with Crippen LogP contribution in [-0.2, 0) is 4.79 Å². The van der Waals surface area contributed by atoms with Crippen molar-refractivity contribution in [2.75, 3.05) is 5.32 Å². The van der Waals surface area contributed by atoms with Gasteiger partial charge in [0.25, 0.3) is 11.8 Å². The zero-order chi connectivity index (χ0) is 21.6. The number of alkyl halides is 3. The average molecular weight is 414 g/mol. The van der Waals surface area contributed by atoms with Gasteiger partial charge in [-0.1, -0.05) is 48.5 Å². The Balaban J connectivity index is 1.76. The smallest absolute Gasteiger partial charge is 0.406 e. The Morgan fingerprint density at radius 3 is 1.93 bits per heavy atom. The Hall–Kier alpha value is -3.81. The van der Waals surface area contributed by atoms with Gasteiger partial charge >= 0.3 is 6.36 Å². The van der Waals surface area contributed by atoms with Gasteiger partial charge in [0, 0.05) is 11.3 Å². The lowest BCUT2D eigenvalue weighted by molar-refractivity contribution is -0.274. The van der Waals surface area contributed by atoms with Crippen LogP contribution in [0.4, 0.5) is 18.9 Å². The number of carbonyl (C=O) groups is 2. The fourth-order valence-electron chi connectivity index (χ4n) is 2.70. The van der Waals surface area contributed by atoms with Crippen LogP contribution in [0.5, 0.6) is 5.75 Å². The van der Waals surface area contributed by atoms with Crippen molar-refractivity contribution in [1.82, 2.24) is 5.32 Å². The molecular weight excluding hydrogens is 397 g/mol. The van der Waals surface area contributed by atoms with E-state index < -0.39 is 30.0 Å². The second-order valence-electron chi connectivity index (χ2n) is 6.24. The third-order valence-corrected chi connectivity index (χ3v) is 4.06. The summed E-state index contributed by atoms with van der Waals surface area (Å²) >= 11 is 0. The minimum atomic E-state index is -4.80. The highest BCUT2D eigenvalue weighted by Gasteiger charge is 2.31. The van der Waals surface area contributed by atoms with Gasteiger partial charge < -0.3 is 15.4 Å². The molecule has 30 heavy (non-hydrogen) atoms. The van der Waals surface area contributed by atoms with Crippen LogP contribution >= 0.6 is 0 Å². The SMILES string of the molecule is O=C(NC(C(=O)Nc1ccc(OC(F)(F)F)cc1)c1ccccc1)c1ccccc1. The molecule has 0 aliphatic heterocycles. The molecule has 0 saturated carbocycles. The molecular formula is C22H17F3N2O3. The summed E-state index contributed by atoms with van der Waals surface area (Å²) in [5.41, 5.74) is 1.20. The van der Waals surface area contributed by atoms with E-state index in [-0.39, 0.29) is 5.69 Å². The zero-order valence-electron chi connectivity index (χ0n) is 15.5. The van der Waals surface area contributed by atoms with E-state index in [1.54, 1.807) is 60.7 Å². The first kappa shape index (κ1) is 20.9. The van der Waals surface area contributed by atoms with Crippen molar-refractivity contribution < 1.29 is 27.5 Å². The number of hydrogen-bond donors (Lipinski definition) is 2. The van der Waals surface area contributed by atoms with E-state index in [9.17, 15) is 22.8 Å². The minimum Gasteiger partial charge on any atom is -0.406 e. The van der Waals surface area contributed by atoms with Crippen LogP contribution in [0.2, 0.25) is 0 Å². The summed E-state index contributed by atoms with van der Waals surface area (Å²) in [6, 6.07) is 20.8. The molecule has 3 rings (SSSR count). The fourth-order valence-corrected chi connectivity index (χ4v) is 2.70. The quantitative estimate of drug-likeness (QED) is 0.615. The minimum absolute atomic E-state index is 0.254. The summed E-state index contributed by atoms with van der Waals surface area (Å²) in [5.74, 6) is -1.39. The van der Waals surface area contributed by atoms with Crippen molar-refractivity contribution in [2.45, 2.75) is 12.4 Å². The predicted octanol–water partition coefficient (Wildman–Crippen LogP) is 4.70. The summed E-state index contributed by atoms with van der Waals surface area (Å²) < 4.78 is 40.6. The van der Waals surface area contributed by atoms with Crippen LogP contribution in [0.1, 0.15) is 22.0 Å². The maximum absolute atomic E-state index is 12.9. The first-order valence-electron chi connectivity index (χ1n) is 8.89. The van der Waals surface area contributed by atoms with E-state index in [0.717, 1.165) is 12.1 Å². The number of hydrogen-bond acceptors (Lipinski definition) is 3. The van der Waals surface area contributed by atoms with Crippen molar-refractivity contribution >= 4 is 17.5 Å². The van der Waals surface area contributed by atoms with E-state index >= 15 is 0 Å². The summed E-state index contributed by atoms with van der Waals surface area (Å²) in [4.78, 5) is 25.4. The lowest BCUT2D eigenvalue weighted by atomic mass is 10.1. The molecule has 0 radical (unpaired) electrons. The number of carbonyl (C=O) groups excluding carboxylic acids is 2. The Morgan fingerprint density at radius 2 is 1.37 bits per heavy atom. The molecule has 0 aromatic heterocycles. The molecule has 0 aliphatic carbocycles.